The van der Waals surface area contributed by atoms with Gasteiger partial charge in [-0.3, -0.25) is 14.7 Å². The number of amides is 1. The molecule has 2 aromatic rings. The van der Waals surface area contributed by atoms with Gasteiger partial charge in [-0.1, -0.05) is 6.07 Å². The maximum absolute atomic E-state index is 12.4. The normalized spacial score (nSPS) is 16.7. The monoisotopic (exact) mass is 302 g/mol. The van der Waals surface area contributed by atoms with Crippen LogP contribution in [0.5, 0.6) is 0 Å². The van der Waals surface area contributed by atoms with Crippen LogP contribution >= 0.6 is 11.3 Å². The van der Waals surface area contributed by atoms with E-state index in [1.165, 1.54) is 11.1 Å². The Balaban J connectivity index is 1.59. The molecular formula is C15H18N4OS. The van der Waals surface area contributed by atoms with Crippen molar-refractivity contribution in [3.63, 3.8) is 0 Å². The van der Waals surface area contributed by atoms with Crippen molar-refractivity contribution in [3.8, 4) is 0 Å². The van der Waals surface area contributed by atoms with Crippen LogP contribution in [0.15, 0.2) is 36.1 Å². The summed E-state index contributed by atoms with van der Waals surface area (Å²) in [7, 11) is 0. The van der Waals surface area contributed by atoms with E-state index < -0.39 is 0 Å². The molecule has 0 atom stereocenters. The summed E-state index contributed by atoms with van der Waals surface area (Å²) in [5.41, 5.74) is 0.434. The Morgan fingerprint density at radius 3 is 2.95 bits per heavy atom. The molecular weight excluding hydrogens is 284 g/mol. The minimum Gasteiger partial charge on any atom is -0.336 e. The number of hydrogen-bond acceptors (Lipinski definition) is 5. The Morgan fingerprint density at radius 2 is 2.19 bits per heavy atom. The topological polar surface area (TPSA) is 49.3 Å². The molecule has 0 unspecified atom stereocenters. The summed E-state index contributed by atoms with van der Waals surface area (Å²) in [6.07, 6.45) is 5.68. The van der Waals surface area contributed by atoms with Crippen LogP contribution in [0.4, 0.5) is 0 Å². The van der Waals surface area contributed by atoms with Gasteiger partial charge in [0, 0.05) is 50.0 Å². The molecule has 1 saturated heterocycles. The van der Waals surface area contributed by atoms with Crippen molar-refractivity contribution < 1.29 is 4.79 Å². The number of thiophene rings is 1. The van der Waals surface area contributed by atoms with Gasteiger partial charge in [0.15, 0.2) is 0 Å². The third-order valence-electron chi connectivity index (χ3n) is 3.62. The van der Waals surface area contributed by atoms with Gasteiger partial charge in [-0.25, -0.2) is 4.98 Å². The predicted octanol–water partition coefficient (Wildman–Crippen LogP) is 1.89. The van der Waals surface area contributed by atoms with Crippen LogP contribution < -0.4 is 0 Å². The van der Waals surface area contributed by atoms with Crippen molar-refractivity contribution >= 4 is 17.2 Å². The van der Waals surface area contributed by atoms with Crippen LogP contribution in [0.1, 0.15) is 21.8 Å². The highest BCUT2D eigenvalue weighted by Gasteiger charge is 2.21. The van der Waals surface area contributed by atoms with Crippen LogP contribution in [0, 0.1) is 0 Å². The molecule has 1 amide bonds. The van der Waals surface area contributed by atoms with E-state index in [0.717, 1.165) is 39.1 Å². The van der Waals surface area contributed by atoms with Crippen molar-refractivity contribution in [2.24, 2.45) is 0 Å². The van der Waals surface area contributed by atoms with Crippen LogP contribution in [-0.4, -0.2) is 51.9 Å². The standard InChI is InChI=1S/C15H18N4OS/c20-15(14-11-16-4-5-17-14)19-7-2-6-18(8-9-19)12-13-3-1-10-21-13/h1,3-5,10-11H,2,6-9,12H2. The molecule has 1 aliphatic heterocycles. The average molecular weight is 302 g/mol. The molecule has 6 heteroatoms. The highest BCUT2D eigenvalue weighted by atomic mass is 32.1. The predicted molar refractivity (Wildman–Crippen MR) is 82.1 cm³/mol. The van der Waals surface area contributed by atoms with Crippen molar-refractivity contribution in [3.05, 3.63) is 46.7 Å². The summed E-state index contributed by atoms with van der Waals surface area (Å²) in [4.78, 5) is 26.1. The van der Waals surface area contributed by atoms with Gasteiger partial charge < -0.3 is 4.90 Å². The number of carbonyl (C=O) groups excluding carboxylic acids is 1. The smallest absolute Gasteiger partial charge is 0.274 e. The van der Waals surface area contributed by atoms with E-state index in [1.54, 1.807) is 23.7 Å². The lowest BCUT2D eigenvalue weighted by Gasteiger charge is -2.21. The minimum absolute atomic E-state index is 0.0129. The van der Waals surface area contributed by atoms with Crippen LogP contribution in [0.25, 0.3) is 0 Å². The summed E-state index contributed by atoms with van der Waals surface area (Å²) in [6.45, 7) is 4.45. The molecule has 2 aromatic heterocycles. The molecule has 0 saturated carbocycles. The molecule has 0 radical (unpaired) electrons. The van der Waals surface area contributed by atoms with Crippen molar-refractivity contribution in [2.45, 2.75) is 13.0 Å². The molecule has 0 aliphatic carbocycles. The molecule has 0 N–H and O–H groups in total. The second-order valence-corrected chi connectivity index (χ2v) is 6.12. The van der Waals surface area contributed by atoms with Gasteiger partial charge in [-0.2, -0.15) is 0 Å². The molecule has 0 bridgehead atoms. The first kappa shape index (κ1) is 14.2. The van der Waals surface area contributed by atoms with Crippen LogP contribution in [0.3, 0.4) is 0 Å². The fraction of sp³-hybridized carbons (Fsp3) is 0.400. The van der Waals surface area contributed by atoms with E-state index in [0.29, 0.717) is 5.69 Å². The zero-order valence-corrected chi connectivity index (χ0v) is 12.6. The van der Waals surface area contributed by atoms with Gasteiger partial charge in [-0.15, -0.1) is 11.3 Å². The van der Waals surface area contributed by atoms with Gasteiger partial charge in [0.2, 0.25) is 0 Å². The zero-order chi connectivity index (χ0) is 14.5. The maximum Gasteiger partial charge on any atom is 0.274 e. The Morgan fingerprint density at radius 1 is 1.24 bits per heavy atom. The highest BCUT2D eigenvalue weighted by molar-refractivity contribution is 7.09. The van der Waals surface area contributed by atoms with E-state index in [9.17, 15) is 4.79 Å². The van der Waals surface area contributed by atoms with Crippen LogP contribution in [0.2, 0.25) is 0 Å². The average Bonchev–Trinajstić information content (AvgIpc) is 2.92. The van der Waals surface area contributed by atoms with E-state index in [2.05, 4.69) is 32.4 Å². The van der Waals surface area contributed by atoms with Gasteiger partial charge in [0.05, 0.1) is 6.20 Å². The Labute approximate surface area is 128 Å². The summed E-state index contributed by atoms with van der Waals surface area (Å²) in [5.74, 6) is -0.0129. The zero-order valence-electron chi connectivity index (χ0n) is 11.8. The van der Waals surface area contributed by atoms with Crippen molar-refractivity contribution in [1.29, 1.82) is 0 Å². The van der Waals surface area contributed by atoms with Crippen molar-refractivity contribution in [2.75, 3.05) is 26.2 Å². The maximum atomic E-state index is 12.4. The molecule has 21 heavy (non-hydrogen) atoms. The molecule has 1 fully saturated rings. The fourth-order valence-corrected chi connectivity index (χ4v) is 3.27. The summed E-state index contributed by atoms with van der Waals surface area (Å²) < 4.78 is 0. The SMILES string of the molecule is O=C(c1cnccn1)N1CCCN(Cc2cccs2)CC1. The molecule has 110 valence electrons. The van der Waals surface area contributed by atoms with Gasteiger partial charge in [-0.05, 0) is 17.9 Å². The number of nitrogens with zero attached hydrogens (tertiary/aromatic N) is 4. The van der Waals surface area contributed by atoms with Gasteiger partial charge in [0.25, 0.3) is 5.91 Å². The number of hydrogen-bond donors (Lipinski definition) is 0. The first-order valence-corrected chi connectivity index (χ1v) is 8.01. The molecule has 3 rings (SSSR count). The Kier molecular flexibility index (Phi) is 4.57. The summed E-state index contributed by atoms with van der Waals surface area (Å²) >= 11 is 1.79. The lowest BCUT2D eigenvalue weighted by molar-refractivity contribution is 0.0755. The van der Waals surface area contributed by atoms with E-state index in [4.69, 9.17) is 0 Å². The summed E-state index contributed by atoms with van der Waals surface area (Å²) in [5, 5.41) is 2.11. The van der Waals surface area contributed by atoms with E-state index >= 15 is 0 Å². The number of carbonyl (C=O) groups is 1. The highest BCUT2D eigenvalue weighted by Crippen LogP contribution is 2.14. The van der Waals surface area contributed by atoms with Crippen molar-refractivity contribution in [1.82, 2.24) is 19.8 Å². The van der Waals surface area contributed by atoms with Gasteiger partial charge in [0.1, 0.15) is 5.69 Å². The first-order chi connectivity index (χ1) is 10.3. The molecule has 5 nitrogen and oxygen atoms in total. The second kappa shape index (κ2) is 6.78. The first-order valence-electron chi connectivity index (χ1n) is 7.13. The molecule has 3 heterocycles. The number of rotatable bonds is 3. The lowest BCUT2D eigenvalue weighted by Crippen LogP contribution is -2.35. The second-order valence-electron chi connectivity index (χ2n) is 5.09. The Bertz CT molecular complexity index is 573. The Hall–Kier alpha value is -1.79. The lowest BCUT2D eigenvalue weighted by atomic mass is 10.3. The third kappa shape index (κ3) is 3.65. The van der Waals surface area contributed by atoms with E-state index in [1.807, 2.05) is 4.90 Å². The van der Waals surface area contributed by atoms with Crippen LogP contribution in [-0.2, 0) is 6.54 Å². The third-order valence-corrected chi connectivity index (χ3v) is 4.48. The molecule has 0 aromatic carbocycles. The summed E-state index contributed by atoms with van der Waals surface area (Å²) in [6, 6.07) is 4.25. The quantitative estimate of drug-likeness (QED) is 0.869. The minimum atomic E-state index is -0.0129. The van der Waals surface area contributed by atoms with E-state index in [-0.39, 0.29) is 5.91 Å². The fourth-order valence-electron chi connectivity index (χ4n) is 2.53. The van der Waals surface area contributed by atoms with Gasteiger partial charge >= 0.3 is 0 Å². The largest absolute Gasteiger partial charge is 0.336 e. The number of aromatic nitrogens is 2. The molecule has 1 aliphatic rings. The molecule has 0 spiro atoms.